The monoisotopic (exact) mass is 382 g/mol. The molecule has 0 aromatic rings. The Bertz CT molecular complexity index is 231. The fourth-order valence-electron chi connectivity index (χ4n) is 0.668. The van der Waals surface area contributed by atoms with Crippen LogP contribution in [0.25, 0.3) is 0 Å². The van der Waals surface area contributed by atoms with E-state index in [1.54, 1.807) is 0 Å². The van der Waals surface area contributed by atoms with Crippen molar-refractivity contribution in [3.8, 4) is 0 Å². The second-order valence-electron chi connectivity index (χ2n) is 4.03. The lowest BCUT2D eigenvalue weighted by molar-refractivity contribution is -0.139. The number of aliphatic carboxylic acids is 2. The van der Waals surface area contributed by atoms with Gasteiger partial charge in [-0.1, -0.05) is 0 Å². The van der Waals surface area contributed by atoms with Crippen molar-refractivity contribution >= 4 is 23.8 Å². The summed E-state index contributed by atoms with van der Waals surface area (Å²) >= 11 is 3.64. The molecule has 11 nitrogen and oxygen atoms in total. The first-order chi connectivity index (χ1) is 11.2. The molecule has 0 aromatic carbocycles. The fraction of sp³-hybridized carbons (Fsp3) is 0.833. The summed E-state index contributed by atoms with van der Waals surface area (Å²) in [4.78, 5) is 19.8. The molecule has 0 aliphatic rings. The standard InChI is InChI=1S/C6H10O4.2C3H8O3.ClHO/c7-5(8)3-1-2-4-6(9)10;2*4-1-3(6)2-5;1-2/h1-4H2,(H,7,8)(H,9,10);2*3-6H,1-2H2;2H. The minimum absolute atomic E-state index is 0.0628. The van der Waals surface area contributed by atoms with Crippen molar-refractivity contribution in [2.24, 2.45) is 0 Å². The van der Waals surface area contributed by atoms with Crippen LogP contribution in [0.1, 0.15) is 25.7 Å². The van der Waals surface area contributed by atoms with E-state index in [9.17, 15) is 9.59 Å². The van der Waals surface area contributed by atoms with Crippen LogP contribution < -0.4 is 0 Å². The van der Waals surface area contributed by atoms with Gasteiger partial charge in [-0.2, -0.15) is 0 Å². The normalized spacial score (nSPS) is 9.08. The van der Waals surface area contributed by atoms with Crippen LogP contribution in [-0.2, 0) is 9.59 Å². The molecule has 0 heterocycles. The van der Waals surface area contributed by atoms with Crippen LogP contribution in [0.15, 0.2) is 0 Å². The first-order valence-corrected chi connectivity index (χ1v) is 6.98. The highest BCUT2D eigenvalue weighted by Gasteiger charge is 1.99. The van der Waals surface area contributed by atoms with E-state index < -0.39 is 24.1 Å². The Kier molecular flexibility index (Phi) is 34.4. The van der Waals surface area contributed by atoms with Crippen molar-refractivity contribution < 1.29 is 55.1 Å². The molecule has 0 saturated heterocycles. The molecule has 0 radical (unpaired) electrons. The Labute approximate surface area is 144 Å². The van der Waals surface area contributed by atoms with Gasteiger partial charge in [0.1, 0.15) is 12.2 Å². The third-order valence-corrected chi connectivity index (χ3v) is 1.87. The van der Waals surface area contributed by atoms with Gasteiger partial charge in [-0.25, -0.2) is 0 Å². The Morgan fingerprint density at radius 3 is 0.958 bits per heavy atom. The molecule has 0 aliphatic carbocycles. The lowest BCUT2D eigenvalue weighted by Gasteiger charge is -1.96. The number of aliphatic hydroxyl groups is 6. The Morgan fingerprint density at radius 2 is 0.875 bits per heavy atom. The van der Waals surface area contributed by atoms with Gasteiger partial charge in [0.2, 0.25) is 0 Å². The Balaban J connectivity index is -0.000000124. The van der Waals surface area contributed by atoms with Crippen LogP contribution in [0.5, 0.6) is 0 Å². The molecule has 148 valence electrons. The molecule has 0 unspecified atom stereocenters. The highest BCUT2D eigenvalue weighted by atomic mass is 35.5. The third kappa shape index (κ3) is 42.8. The number of carbonyl (C=O) groups is 2. The molecule has 0 atom stereocenters. The molecule has 9 N–H and O–H groups in total. The summed E-state index contributed by atoms with van der Waals surface area (Å²) in [5.74, 6) is -1.74. The molecule has 0 spiro atoms. The van der Waals surface area contributed by atoms with E-state index in [0.717, 1.165) is 0 Å². The topological polar surface area (TPSA) is 216 Å². The van der Waals surface area contributed by atoms with Crippen molar-refractivity contribution in [3.63, 3.8) is 0 Å². The molecular weight excluding hydrogens is 356 g/mol. The van der Waals surface area contributed by atoms with Crippen LogP contribution in [0.4, 0.5) is 0 Å². The zero-order valence-corrected chi connectivity index (χ0v) is 13.8. The summed E-state index contributed by atoms with van der Waals surface area (Å²) in [6.07, 6.45) is -0.890. The highest BCUT2D eigenvalue weighted by molar-refractivity contribution is 6.04. The van der Waals surface area contributed by atoms with Crippen LogP contribution in [0.3, 0.4) is 0 Å². The van der Waals surface area contributed by atoms with E-state index in [1.807, 2.05) is 0 Å². The summed E-state index contributed by atoms with van der Waals surface area (Å²) in [5, 5.41) is 64.3. The van der Waals surface area contributed by atoms with E-state index in [1.165, 1.54) is 0 Å². The maximum atomic E-state index is 9.90. The van der Waals surface area contributed by atoms with Crippen LogP contribution in [-0.4, -0.2) is 96.1 Å². The predicted octanol–water partition coefficient (Wildman–Crippen LogP) is -2.49. The Hall–Kier alpha value is -1.05. The first kappa shape index (κ1) is 30.8. The molecule has 0 aliphatic heterocycles. The van der Waals surface area contributed by atoms with Gasteiger partial charge in [0, 0.05) is 12.8 Å². The molecule has 0 bridgehead atoms. The molecule has 0 saturated carbocycles. The molecule has 0 rings (SSSR count). The minimum Gasteiger partial charge on any atom is -0.481 e. The molecule has 12 heteroatoms. The van der Waals surface area contributed by atoms with Crippen LogP contribution in [0, 0.1) is 0 Å². The molecule has 24 heavy (non-hydrogen) atoms. The SMILES string of the molecule is O=C(O)CCCCC(=O)O.OCC(O)CO.OCC(O)CO.OCl. The number of unbranched alkanes of at least 4 members (excludes halogenated alkanes) is 1. The summed E-state index contributed by atoms with van der Waals surface area (Å²) in [6, 6.07) is 0. The van der Waals surface area contributed by atoms with E-state index in [4.69, 9.17) is 45.5 Å². The Morgan fingerprint density at radius 1 is 0.667 bits per heavy atom. The number of hydrogen-bond donors (Lipinski definition) is 9. The lowest BCUT2D eigenvalue weighted by Crippen LogP contribution is -2.15. The highest BCUT2D eigenvalue weighted by Crippen LogP contribution is 1.98. The quantitative estimate of drug-likeness (QED) is 0.190. The predicted molar refractivity (Wildman–Crippen MR) is 82.2 cm³/mol. The zero-order valence-electron chi connectivity index (χ0n) is 13.0. The van der Waals surface area contributed by atoms with Crippen molar-refractivity contribution in [3.05, 3.63) is 0 Å². The van der Waals surface area contributed by atoms with Gasteiger partial charge >= 0.3 is 11.9 Å². The van der Waals surface area contributed by atoms with Crippen molar-refractivity contribution in [2.45, 2.75) is 37.9 Å². The summed E-state index contributed by atoms with van der Waals surface area (Å²) in [5.41, 5.74) is 0. The smallest absolute Gasteiger partial charge is 0.303 e. The number of hydrogen-bond acceptors (Lipinski definition) is 9. The average molecular weight is 383 g/mol. The van der Waals surface area contributed by atoms with Gasteiger partial charge in [-0.15, -0.1) is 0 Å². The van der Waals surface area contributed by atoms with Crippen LogP contribution in [0.2, 0.25) is 0 Å². The van der Waals surface area contributed by atoms with Crippen molar-refractivity contribution in [2.75, 3.05) is 26.4 Å². The number of carboxylic acid groups (broad SMARTS) is 2. The third-order valence-electron chi connectivity index (χ3n) is 1.87. The largest absolute Gasteiger partial charge is 0.481 e. The fourth-order valence-corrected chi connectivity index (χ4v) is 0.668. The van der Waals surface area contributed by atoms with Crippen LogP contribution >= 0.6 is 11.9 Å². The summed E-state index contributed by atoms with van der Waals surface area (Å²) in [6.45, 7) is -1.46. The molecule has 0 fully saturated rings. The second kappa shape index (κ2) is 26.8. The van der Waals surface area contributed by atoms with Gasteiger partial charge in [-0.3, -0.25) is 14.2 Å². The molecule has 0 aromatic heterocycles. The van der Waals surface area contributed by atoms with Gasteiger partial charge in [0.25, 0.3) is 0 Å². The molecular formula is C12H27ClO11. The lowest BCUT2D eigenvalue weighted by atomic mass is 10.2. The van der Waals surface area contributed by atoms with E-state index in [0.29, 0.717) is 12.8 Å². The number of carboxylic acids is 2. The van der Waals surface area contributed by atoms with Gasteiger partial charge in [-0.05, 0) is 12.8 Å². The summed E-state index contributed by atoms with van der Waals surface area (Å²) in [7, 11) is 0. The van der Waals surface area contributed by atoms with Gasteiger partial charge in [0.15, 0.2) is 0 Å². The second-order valence-corrected chi connectivity index (χ2v) is 4.03. The first-order valence-electron chi connectivity index (χ1n) is 6.65. The van der Waals surface area contributed by atoms with Gasteiger partial charge in [0.05, 0.1) is 38.3 Å². The summed E-state index contributed by atoms with van der Waals surface area (Å²) < 4.78 is 6.47. The average Bonchev–Trinajstić information content (AvgIpc) is 2.59. The maximum Gasteiger partial charge on any atom is 0.303 e. The van der Waals surface area contributed by atoms with E-state index >= 15 is 0 Å². The van der Waals surface area contributed by atoms with Crippen molar-refractivity contribution in [1.29, 1.82) is 0 Å². The van der Waals surface area contributed by atoms with E-state index in [-0.39, 0.29) is 39.3 Å². The number of aliphatic hydroxyl groups excluding tert-OH is 6. The molecule has 0 amide bonds. The van der Waals surface area contributed by atoms with Gasteiger partial charge < -0.3 is 40.9 Å². The minimum atomic E-state index is -0.954. The number of rotatable bonds is 9. The maximum absolute atomic E-state index is 9.90. The zero-order chi connectivity index (χ0) is 20.0. The van der Waals surface area contributed by atoms with E-state index in [2.05, 4.69) is 11.9 Å². The van der Waals surface area contributed by atoms with Crippen molar-refractivity contribution in [1.82, 2.24) is 0 Å². The number of halogens is 1.